The minimum Gasteiger partial charge on any atom is -0.467 e. The summed E-state index contributed by atoms with van der Waals surface area (Å²) in [6.45, 7) is 6.87. The van der Waals surface area contributed by atoms with Gasteiger partial charge in [-0.05, 0) is 25.0 Å². The second-order valence-electron chi connectivity index (χ2n) is 5.21. The zero-order chi connectivity index (χ0) is 14.1. The van der Waals surface area contributed by atoms with E-state index in [1.807, 2.05) is 35.7 Å². The maximum atomic E-state index is 5.34. The minimum atomic E-state index is 0.374. The summed E-state index contributed by atoms with van der Waals surface area (Å²) in [4.78, 5) is 4.64. The summed E-state index contributed by atoms with van der Waals surface area (Å²) < 4.78 is 7.18. The van der Waals surface area contributed by atoms with Crippen molar-refractivity contribution in [3.63, 3.8) is 0 Å². The molecule has 0 aliphatic rings. The lowest BCUT2D eigenvalue weighted by Crippen LogP contribution is -2.07. The summed E-state index contributed by atoms with van der Waals surface area (Å²) in [6.07, 6.45) is 1.68. The van der Waals surface area contributed by atoms with E-state index < -0.39 is 0 Å². The molecular weight excluding hydrogens is 252 g/mol. The van der Waals surface area contributed by atoms with Crippen LogP contribution >= 0.6 is 0 Å². The highest BCUT2D eigenvalue weighted by Crippen LogP contribution is 2.20. The van der Waals surface area contributed by atoms with E-state index in [0.29, 0.717) is 12.5 Å². The molecule has 0 aliphatic carbocycles. The van der Waals surface area contributed by atoms with Gasteiger partial charge in [-0.3, -0.25) is 0 Å². The van der Waals surface area contributed by atoms with E-state index in [0.717, 1.165) is 28.6 Å². The molecule has 0 spiro atoms. The van der Waals surface area contributed by atoms with Crippen LogP contribution in [0.1, 0.15) is 36.9 Å². The first-order chi connectivity index (χ1) is 9.63. The van der Waals surface area contributed by atoms with E-state index >= 15 is 0 Å². The van der Waals surface area contributed by atoms with E-state index in [2.05, 4.69) is 29.2 Å². The third-order valence-electron chi connectivity index (χ3n) is 3.18. The SMILES string of the molecule is Cc1cc2nc(C(C)C)cc(NCc3ccco3)n2n1. The van der Waals surface area contributed by atoms with Crippen molar-refractivity contribution in [1.82, 2.24) is 14.6 Å². The fourth-order valence-electron chi connectivity index (χ4n) is 2.12. The normalized spacial score (nSPS) is 11.4. The number of fused-ring (bicyclic) bond motifs is 1. The Morgan fingerprint density at radius 1 is 1.35 bits per heavy atom. The fraction of sp³-hybridized carbons (Fsp3) is 0.333. The van der Waals surface area contributed by atoms with Crippen LogP contribution in [0.2, 0.25) is 0 Å². The number of aryl methyl sites for hydroxylation is 1. The Kier molecular flexibility index (Phi) is 3.18. The van der Waals surface area contributed by atoms with Crippen molar-refractivity contribution in [1.29, 1.82) is 0 Å². The molecule has 3 aromatic rings. The highest BCUT2D eigenvalue weighted by molar-refractivity contribution is 5.51. The van der Waals surface area contributed by atoms with Gasteiger partial charge < -0.3 is 9.73 Å². The average molecular weight is 270 g/mol. The van der Waals surface area contributed by atoms with E-state index in [4.69, 9.17) is 4.42 Å². The van der Waals surface area contributed by atoms with Crippen molar-refractivity contribution >= 4 is 11.5 Å². The molecule has 3 heterocycles. The van der Waals surface area contributed by atoms with Crippen LogP contribution in [0.4, 0.5) is 5.82 Å². The molecule has 0 bridgehead atoms. The van der Waals surface area contributed by atoms with Gasteiger partial charge in [-0.2, -0.15) is 9.61 Å². The topological polar surface area (TPSA) is 55.4 Å². The van der Waals surface area contributed by atoms with Crippen LogP contribution in [0.25, 0.3) is 5.65 Å². The Labute approximate surface area is 117 Å². The minimum absolute atomic E-state index is 0.374. The van der Waals surface area contributed by atoms with Crippen LogP contribution in [0.3, 0.4) is 0 Å². The average Bonchev–Trinajstić information content (AvgIpc) is 3.03. The van der Waals surface area contributed by atoms with Gasteiger partial charge in [-0.1, -0.05) is 13.8 Å². The number of hydrogen-bond donors (Lipinski definition) is 1. The maximum Gasteiger partial charge on any atom is 0.157 e. The van der Waals surface area contributed by atoms with Crippen molar-refractivity contribution in [2.75, 3.05) is 5.32 Å². The standard InChI is InChI=1S/C15H18N4O/c1-10(2)13-8-14(16-9-12-5-4-6-20-12)19-15(17-13)7-11(3)18-19/h4-8,10,16H,9H2,1-3H3. The molecule has 20 heavy (non-hydrogen) atoms. The molecule has 0 aromatic carbocycles. The number of furan rings is 1. The van der Waals surface area contributed by atoms with Gasteiger partial charge in [0.25, 0.3) is 0 Å². The number of nitrogens with one attached hydrogen (secondary N) is 1. The third-order valence-corrected chi connectivity index (χ3v) is 3.18. The Hall–Kier alpha value is -2.30. The van der Waals surface area contributed by atoms with Crippen molar-refractivity contribution < 1.29 is 4.42 Å². The molecule has 104 valence electrons. The van der Waals surface area contributed by atoms with Crippen LogP contribution in [-0.2, 0) is 6.54 Å². The van der Waals surface area contributed by atoms with E-state index in [1.54, 1.807) is 6.26 Å². The van der Waals surface area contributed by atoms with E-state index in [9.17, 15) is 0 Å². The zero-order valence-electron chi connectivity index (χ0n) is 11.9. The van der Waals surface area contributed by atoms with Crippen LogP contribution in [0.5, 0.6) is 0 Å². The number of rotatable bonds is 4. The predicted octanol–water partition coefficient (Wildman–Crippen LogP) is 3.37. The maximum absolute atomic E-state index is 5.34. The number of anilines is 1. The highest BCUT2D eigenvalue weighted by Gasteiger charge is 2.10. The van der Waals surface area contributed by atoms with Crippen LogP contribution in [-0.4, -0.2) is 14.6 Å². The first-order valence-electron chi connectivity index (χ1n) is 6.77. The van der Waals surface area contributed by atoms with Crippen molar-refractivity contribution in [2.24, 2.45) is 0 Å². The lowest BCUT2D eigenvalue weighted by molar-refractivity contribution is 0.517. The zero-order valence-corrected chi connectivity index (χ0v) is 11.9. The van der Waals surface area contributed by atoms with Crippen molar-refractivity contribution in [3.05, 3.63) is 47.7 Å². The van der Waals surface area contributed by atoms with Gasteiger partial charge >= 0.3 is 0 Å². The number of hydrogen-bond acceptors (Lipinski definition) is 4. The molecule has 5 nitrogen and oxygen atoms in total. The molecule has 0 fully saturated rings. The van der Waals surface area contributed by atoms with Crippen LogP contribution in [0, 0.1) is 6.92 Å². The van der Waals surface area contributed by atoms with Gasteiger partial charge in [-0.15, -0.1) is 0 Å². The van der Waals surface area contributed by atoms with E-state index in [-0.39, 0.29) is 0 Å². The Bertz CT molecular complexity index is 713. The van der Waals surface area contributed by atoms with Gasteiger partial charge in [0.1, 0.15) is 11.6 Å². The molecule has 0 unspecified atom stereocenters. The number of aromatic nitrogens is 3. The first-order valence-corrected chi connectivity index (χ1v) is 6.77. The smallest absolute Gasteiger partial charge is 0.157 e. The monoisotopic (exact) mass is 270 g/mol. The molecule has 0 atom stereocenters. The summed E-state index contributed by atoms with van der Waals surface area (Å²) in [5.74, 6) is 2.20. The van der Waals surface area contributed by atoms with Crippen LogP contribution in [0.15, 0.2) is 34.9 Å². The largest absolute Gasteiger partial charge is 0.467 e. The predicted molar refractivity (Wildman–Crippen MR) is 77.8 cm³/mol. The molecule has 0 radical (unpaired) electrons. The van der Waals surface area contributed by atoms with E-state index in [1.165, 1.54) is 0 Å². The molecular formula is C15H18N4O. The summed E-state index contributed by atoms with van der Waals surface area (Å²) >= 11 is 0. The summed E-state index contributed by atoms with van der Waals surface area (Å²) in [5.41, 5.74) is 2.88. The Morgan fingerprint density at radius 3 is 2.90 bits per heavy atom. The fourth-order valence-corrected chi connectivity index (χ4v) is 2.12. The second kappa shape index (κ2) is 5.00. The highest BCUT2D eigenvalue weighted by atomic mass is 16.3. The summed E-state index contributed by atoms with van der Waals surface area (Å²) in [5, 5.41) is 7.84. The van der Waals surface area contributed by atoms with Gasteiger partial charge in [0, 0.05) is 17.8 Å². The van der Waals surface area contributed by atoms with Gasteiger partial charge in [0.2, 0.25) is 0 Å². The molecule has 5 heteroatoms. The van der Waals surface area contributed by atoms with Crippen LogP contribution < -0.4 is 5.32 Å². The van der Waals surface area contributed by atoms with Gasteiger partial charge in [-0.25, -0.2) is 4.98 Å². The number of nitrogens with zero attached hydrogens (tertiary/aromatic N) is 3. The molecule has 0 aliphatic heterocycles. The van der Waals surface area contributed by atoms with Gasteiger partial charge in [0.05, 0.1) is 18.5 Å². The summed E-state index contributed by atoms with van der Waals surface area (Å²) in [6, 6.07) is 7.87. The van der Waals surface area contributed by atoms with Crippen molar-refractivity contribution in [2.45, 2.75) is 33.2 Å². The van der Waals surface area contributed by atoms with Gasteiger partial charge in [0.15, 0.2) is 5.65 Å². The first kappa shape index (κ1) is 12.7. The molecule has 3 aromatic heterocycles. The molecule has 0 saturated carbocycles. The quantitative estimate of drug-likeness (QED) is 0.789. The second-order valence-corrected chi connectivity index (χ2v) is 5.21. The lowest BCUT2D eigenvalue weighted by Gasteiger charge is -2.11. The molecule has 1 N–H and O–H groups in total. The molecule has 0 amide bonds. The summed E-state index contributed by atoms with van der Waals surface area (Å²) in [7, 11) is 0. The Balaban J connectivity index is 1.98. The van der Waals surface area contributed by atoms with Crippen molar-refractivity contribution in [3.8, 4) is 0 Å². The third kappa shape index (κ3) is 2.39. The lowest BCUT2D eigenvalue weighted by atomic mass is 10.1. The molecule has 3 rings (SSSR count). The Morgan fingerprint density at radius 2 is 2.20 bits per heavy atom. The molecule has 0 saturated heterocycles.